The van der Waals surface area contributed by atoms with Crippen molar-refractivity contribution in [2.45, 2.75) is 12.8 Å². The summed E-state index contributed by atoms with van der Waals surface area (Å²) in [4.78, 5) is 29.3. The van der Waals surface area contributed by atoms with Crippen LogP contribution in [-0.4, -0.2) is 65.2 Å². The Morgan fingerprint density at radius 3 is 2.90 bits per heavy atom. The van der Waals surface area contributed by atoms with Crippen molar-refractivity contribution in [2.24, 2.45) is 5.92 Å². The molecule has 30 heavy (non-hydrogen) atoms. The zero-order valence-corrected chi connectivity index (χ0v) is 17.4. The van der Waals surface area contributed by atoms with E-state index < -0.39 is 0 Å². The summed E-state index contributed by atoms with van der Waals surface area (Å²) in [5.74, 6) is 0.998. The number of pyridine rings is 1. The molecule has 2 saturated heterocycles. The van der Waals surface area contributed by atoms with Crippen LogP contribution in [0.25, 0.3) is 22.4 Å². The molecule has 5 rings (SSSR count). The van der Waals surface area contributed by atoms with Gasteiger partial charge in [-0.25, -0.2) is 4.98 Å². The van der Waals surface area contributed by atoms with E-state index in [9.17, 15) is 4.79 Å². The molecule has 3 aromatic rings. The Labute approximate surface area is 180 Å². The largest absolute Gasteiger partial charge is 0.378 e. The lowest BCUT2D eigenvalue weighted by molar-refractivity contribution is -0.139. The maximum absolute atomic E-state index is 13.0. The number of benzene rings is 1. The Kier molecular flexibility index (Phi) is 5.31. The molecule has 0 radical (unpaired) electrons. The van der Waals surface area contributed by atoms with Crippen molar-refractivity contribution in [2.75, 3.05) is 44.3 Å². The Hall–Kier alpha value is -2.64. The fourth-order valence-electron chi connectivity index (χ4n) is 4.33. The van der Waals surface area contributed by atoms with Crippen LogP contribution in [0.3, 0.4) is 0 Å². The maximum atomic E-state index is 13.0. The summed E-state index contributed by atoms with van der Waals surface area (Å²) >= 11 is 6.51. The monoisotopic (exact) mass is 425 g/mol. The summed E-state index contributed by atoms with van der Waals surface area (Å²) in [5, 5.41) is 0.642. The summed E-state index contributed by atoms with van der Waals surface area (Å²) < 4.78 is 5.39. The van der Waals surface area contributed by atoms with Gasteiger partial charge in [0.25, 0.3) is 0 Å². The first-order valence-corrected chi connectivity index (χ1v) is 10.8. The number of hydrogen-bond donors (Lipinski definition) is 1. The van der Waals surface area contributed by atoms with Crippen LogP contribution >= 0.6 is 11.6 Å². The van der Waals surface area contributed by atoms with Gasteiger partial charge in [-0.3, -0.25) is 9.78 Å². The van der Waals surface area contributed by atoms with Crippen LogP contribution in [-0.2, 0) is 9.53 Å². The van der Waals surface area contributed by atoms with E-state index in [2.05, 4.69) is 25.9 Å². The van der Waals surface area contributed by atoms with E-state index in [1.165, 1.54) is 0 Å². The molecule has 1 amide bonds. The fourth-order valence-corrected chi connectivity index (χ4v) is 4.54. The SMILES string of the molecule is O=C([C@H]1CCCN(c2ccc(Cl)c(-c3nc4ccncc4[nH]3)c2)C1)N1CCOCC1. The summed E-state index contributed by atoms with van der Waals surface area (Å²) in [5.41, 5.74) is 3.65. The van der Waals surface area contributed by atoms with E-state index in [1.807, 2.05) is 23.1 Å². The molecule has 1 N–H and O–H groups in total. The highest BCUT2D eigenvalue weighted by molar-refractivity contribution is 6.33. The molecule has 2 fully saturated rings. The van der Waals surface area contributed by atoms with Crippen LogP contribution in [0, 0.1) is 5.92 Å². The number of amides is 1. The average molecular weight is 426 g/mol. The molecule has 2 aliphatic heterocycles. The second-order valence-corrected chi connectivity index (χ2v) is 8.27. The molecular weight excluding hydrogens is 402 g/mol. The van der Waals surface area contributed by atoms with Gasteiger partial charge >= 0.3 is 0 Å². The zero-order valence-electron chi connectivity index (χ0n) is 16.7. The lowest BCUT2D eigenvalue weighted by Gasteiger charge is -2.37. The molecule has 4 heterocycles. The van der Waals surface area contributed by atoms with Gasteiger partial charge in [0, 0.05) is 43.6 Å². The van der Waals surface area contributed by atoms with E-state index in [0.29, 0.717) is 31.3 Å². The Bertz CT molecular complexity index is 1030. The molecule has 0 bridgehead atoms. The van der Waals surface area contributed by atoms with Crippen LogP contribution in [0.2, 0.25) is 5.02 Å². The Morgan fingerprint density at radius 2 is 2.07 bits per heavy atom. The summed E-state index contributed by atoms with van der Waals surface area (Å²) in [6.07, 6.45) is 5.42. The number of imidazole rings is 1. The Morgan fingerprint density at radius 1 is 1.20 bits per heavy atom. The standard InChI is InChI=1S/C22H24ClN5O2/c23-18-4-3-16(12-17(18)21-25-19-5-6-24-13-20(19)26-21)28-7-1-2-15(14-28)22(29)27-8-10-30-11-9-27/h3-6,12-13,15H,1-2,7-11,14H2,(H,25,26)/t15-/m0/s1. The van der Waals surface area contributed by atoms with E-state index in [0.717, 1.165) is 54.0 Å². The van der Waals surface area contributed by atoms with Crippen LogP contribution in [0.1, 0.15) is 12.8 Å². The van der Waals surface area contributed by atoms with Gasteiger partial charge in [0.2, 0.25) is 5.91 Å². The summed E-state index contributed by atoms with van der Waals surface area (Å²) in [6.45, 7) is 4.31. The minimum atomic E-state index is 0.0215. The van der Waals surface area contributed by atoms with Crippen molar-refractivity contribution in [3.63, 3.8) is 0 Å². The van der Waals surface area contributed by atoms with Crippen molar-refractivity contribution in [3.8, 4) is 11.4 Å². The van der Waals surface area contributed by atoms with Crippen molar-refractivity contribution >= 4 is 34.2 Å². The van der Waals surface area contributed by atoms with Gasteiger partial charge in [-0.1, -0.05) is 11.6 Å². The van der Waals surface area contributed by atoms with Gasteiger partial charge in [-0.05, 0) is 37.1 Å². The number of anilines is 1. The quantitative estimate of drug-likeness (QED) is 0.696. The second kappa shape index (κ2) is 8.24. The van der Waals surface area contributed by atoms with E-state index >= 15 is 0 Å². The third-order valence-electron chi connectivity index (χ3n) is 5.95. The topological polar surface area (TPSA) is 74.4 Å². The molecular formula is C22H24ClN5O2. The summed E-state index contributed by atoms with van der Waals surface area (Å²) in [7, 11) is 0. The lowest BCUT2D eigenvalue weighted by atomic mass is 9.95. The summed E-state index contributed by atoms with van der Waals surface area (Å²) in [6, 6.07) is 7.87. The molecule has 1 atom stereocenters. The van der Waals surface area contributed by atoms with Crippen LogP contribution in [0.4, 0.5) is 5.69 Å². The number of nitrogens with one attached hydrogen (secondary N) is 1. The smallest absolute Gasteiger partial charge is 0.227 e. The number of hydrogen-bond acceptors (Lipinski definition) is 5. The Balaban J connectivity index is 1.38. The first-order valence-electron chi connectivity index (χ1n) is 10.4. The number of nitrogens with zero attached hydrogens (tertiary/aromatic N) is 4. The van der Waals surface area contributed by atoms with Crippen molar-refractivity contribution < 1.29 is 9.53 Å². The van der Waals surface area contributed by atoms with Crippen molar-refractivity contribution in [3.05, 3.63) is 41.7 Å². The minimum Gasteiger partial charge on any atom is -0.378 e. The highest BCUT2D eigenvalue weighted by Gasteiger charge is 2.30. The molecule has 0 aliphatic carbocycles. The van der Waals surface area contributed by atoms with Crippen molar-refractivity contribution in [1.82, 2.24) is 19.9 Å². The number of H-pyrrole nitrogens is 1. The van der Waals surface area contributed by atoms with Gasteiger partial charge < -0.3 is 19.5 Å². The molecule has 0 spiro atoms. The predicted molar refractivity (Wildman–Crippen MR) is 117 cm³/mol. The number of carbonyl (C=O) groups is 1. The van der Waals surface area contributed by atoms with E-state index in [-0.39, 0.29) is 11.8 Å². The number of halogens is 1. The van der Waals surface area contributed by atoms with Crippen LogP contribution in [0.5, 0.6) is 0 Å². The first-order chi connectivity index (χ1) is 14.7. The number of aromatic nitrogens is 3. The number of morpholine rings is 1. The van der Waals surface area contributed by atoms with Gasteiger partial charge in [0.1, 0.15) is 5.82 Å². The van der Waals surface area contributed by atoms with Gasteiger partial charge in [-0.2, -0.15) is 0 Å². The first kappa shape index (κ1) is 19.3. The van der Waals surface area contributed by atoms with Gasteiger partial charge in [0.15, 0.2) is 0 Å². The highest BCUT2D eigenvalue weighted by Crippen LogP contribution is 2.33. The number of fused-ring (bicyclic) bond motifs is 1. The van der Waals surface area contributed by atoms with E-state index in [4.69, 9.17) is 16.3 Å². The molecule has 2 aromatic heterocycles. The predicted octanol–water partition coefficient (Wildman–Crippen LogP) is 3.35. The van der Waals surface area contributed by atoms with Crippen LogP contribution in [0.15, 0.2) is 36.7 Å². The van der Waals surface area contributed by atoms with Gasteiger partial charge in [-0.15, -0.1) is 0 Å². The lowest BCUT2D eigenvalue weighted by Crippen LogP contribution is -2.48. The molecule has 1 aromatic carbocycles. The second-order valence-electron chi connectivity index (χ2n) is 7.87. The maximum Gasteiger partial charge on any atom is 0.227 e. The average Bonchev–Trinajstić information content (AvgIpc) is 3.23. The number of piperidine rings is 1. The highest BCUT2D eigenvalue weighted by atomic mass is 35.5. The molecule has 156 valence electrons. The number of aromatic amines is 1. The normalized spacial score (nSPS) is 20.0. The molecule has 2 aliphatic rings. The number of rotatable bonds is 3. The van der Waals surface area contributed by atoms with Crippen molar-refractivity contribution in [1.29, 1.82) is 0 Å². The number of carbonyl (C=O) groups excluding carboxylic acids is 1. The third-order valence-corrected chi connectivity index (χ3v) is 6.28. The molecule has 7 nitrogen and oxygen atoms in total. The number of ether oxygens (including phenoxy) is 1. The van der Waals surface area contributed by atoms with Crippen LogP contribution < -0.4 is 4.90 Å². The fraction of sp³-hybridized carbons (Fsp3) is 0.409. The van der Waals surface area contributed by atoms with Gasteiger partial charge in [0.05, 0.1) is 41.4 Å². The molecule has 0 unspecified atom stereocenters. The zero-order chi connectivity index (χ0) is 20.5. The van der Waals surface area contributed by atoms with E-state index in [1.54, 1.807) is 12.4 Å². The third kappa shape index (κ3) is 3.75. The molecule has 8 heteroatoms. The molecule has 0 saturated carbocycles. The minimum absolute atomic E-state index is 0.0215.